The largest absolute Gasteiger partial charge is 0.496 e. The molecule has 104 valence electrons. The number of carboxylic acid groups (broad SMARTS) is 1. The first-order valence-corrected chi connectivity index (χ1v) is 7.00. The number of ether oxygens (including phenoxy) is 2. The van der Waals surface area contributed by atoms with Crippen molar-refractivity contribution in [2.24, 2.45) is 0 Å². The smallest absolute Gasteiger partial charge is 0.337 e. The highest BCUT2D eigenvalue weighted by Gasteiger charge is 2.10. The topological polar surface area (TPSA) is 68.7 Å². The molecule has 0 spiro atoms. The Hall–Kier alpha value is -1.60. The fourth-order valence-electron chi connectivity index (χ4n) is 1.42. The van der Waals surface area contributed by atoms with Crippen molar-refractivity contribution < 1.29 is 19.4 Å². The molecule has 0 aliphatic carbocycles. The van der Waals surface area contributed by atoms with Gasteiger partial charge in [-0.3, -0.25) is 0 Å². The molecule has 0 atom stereocenters. The van der Waals surface area contributed by atoms with Crippen LogP contribution in [0.1, 0.15) is 10.4 Å². The van der Waals surface area contributed by atoms with Crippen LogP contribution in [0.5, 0.6) is 17.4 Å². The minimum absolute atomic E-state index is 0.104. The normalized spacial score (nSPS) is 10.2. The van der Waals surface area contributed by atoms with E-state index in [0.717, 1.165) is 4.47 Å². The lowest BCUT2D eigenvalue weighted by molar-refractivity contribution is 0.0696. The van der Waals surface area contributed by atoms with Crippen LogP contribution < -0.4 is 9.47 Å². The average Bonchev–Trinajstić information content (AvgIpc) is 2.43. The summed E-state index contributed by atoms with van der Waals surface area (Å²) >= 11 is 6.73. The van der Waals surface area contributed by atoms with Crippen LogP contribution in [0.4, 0.5) is 0 Å². The standard InChI is InChI=1S/C13H9Br2NO4/c1-19-10-4-9(15)11(5-8(10)14)20-12-3-2-7(6-16-12)13(17)18/h2-6H,1H3,(H,17,18). The van der Waals surface area contributed by atoms with Crippen LogP contribution >= 0.6 is 31.9 Å². The van der Waals surface area contributed by atoms with E-state index < -0.39 is 5.97 Å². The maximum atomic E-state index is 10.7. The lowest BCUT2D eigenvalue weighted by Gasteiger charge is -2.10. The number of aromatic carboxylic acids is 1. The molecule has 1 aromatic heterocycles. The molecule has 0 amide bonds. The number of halogens is 2. The minimum atomic E-state index is -1.03. The van der Waals surface area contributed by atoms with Gasteiger partial charge in [-0.1, -0.05) is 0 Å². The van der Waals surface area contributed by atoms with Crippen molar-refractivity contribution >= 4 is 37.8 Å². The van der Waals surface area contributed by atoms with Gasteiger partial charge in [-0.15, -0.1) is 0 Å². The highest BCUT2D eigenvalue weighted by Crippen LogP contribution is 2.37. The van der Waals surface area contributed by atoms with Crippen LogP contribution in [0.2, 0.25) is 0 Å². The molecule has 1 aromatic carbocycles. The van der Waals surface area contributed by atoms with Gasteiger partial charge in [0.15, 0.2) is 0 Å². The molecule has 2 aromatic rings. The van der Waals surface area contributed by atoms with Gasteiger partial charge >= 0.3 is 5.97 Å². The molecular formula is C13H9Br2NO4. The summed E-state index contributed by atoms with van der Waals surface area (Å²) < 4.78 is 12.2. The number of carbonyl (C=O) groups is 1. The molecule has 5 nitrogen and oxygen atoms in total. The van der Waals surface area contributed by atoms with Crippen molar-refractivity contribution in [3.05, 3.63) is 45.0 Å². The van der Waals surface area contributed by atoms with E-state index in [9.17, 15) is 4.79 Å². The third kappa shape index (κ3) is 3.29. The summed E-state index contributed by atoms with van der Waals surface area (Å²) in [6.45, 7) is 0. The molecule has 0 aliphatic rings. The average molecular weight is 403 g/mol. The zero-order valence-electron chi connectivity index (χ0n) is 10.3. The molecule has 0 saturated heterocycles. The fraction of sp³-hybridized carbons (Fsp3) is 0.0769. The van der Waals surface area contributed by atoms with Gasteiger partial charge in [0, 0.05) is 12.3 Å². The van der Waals surface area contributed by atoms with Crippen molar-refractivity contribution in [3.8, 4) is 17.4 Å². The Morgan fingerprint density at radius 1 is 1.20 bits per heavy atom. The first kappa shape index (κ1) is 14.8. The summed E-state index contributed by atoms with van der Waals surface area (Å²) in [6.07, 6.45) is 1.24. The number of rotatable bonds is 4. The van der Waals surface area contributed by atoms with Gasteiger partial charge in [-0.25, -0.2) is 9.78 Å². The molecule has 0 radical (unpaired) electrons. The number of hydrogen-bond donors (Lipinski definition) is 1. The lowest BCUT2D eigenvalue weighted by Crippen LogP contribution is -1.97. The summed E-state index contributed by atoms with van der Waals surface area (Å²) in [5.41, 5.74) is 0.104. The van der Waals surface area contributed by atoms with Crippen molar-refractivity contribution in [3.63, 3.8) is 0 Å². The summed E-state index contributed by atoms with van der Waals surface area (Å²) in [7, 11) is 1.57. The maximum absolute atomic E-state index is 10.7. The first-order chi connectivity index (χ1) is 9.51. The zero-order valence-corrected chi connectivity index (χ0v) is 13.4. The second-order valence-electron chi connectivity index (χ2n) is 3.71. The minimum Gasteiger partial charge on any atom is -0.496 e. The van der Waals surface area contributed by atoms with Gasteiger partial charge in [0.2, 0.25) is 5.88 Å². The summed E-state index contributed by atoms with van der Waals surface area (Å²) in [5.74, 6) is 0.469. The Morgan fingerprint density at radius 2 is 1.85 bits per heavy atom. The number of nitrogens with zero attached hydrogens (tertiary/aromatic N) is 1. The van der Waals surface area contributed by atoms with Crippen molar-refractivity contribution in [1.29, 1.82) is 0 Å². The molecule has 7 heteroatoms. The van der Waals surface area contributed by atoms with Gasteiger partial charge in [0.05, 0.1) is 21.6 Å². The highest BCUT2D eigenvalue weighted by molar-refractivity contribution is 9.11. The molecule has 0 fully saturated rings. The van der Waals surface area contributed by atoms with E-state index in [2.05, 4.69) is 36.8 Å². The zero-order chi connectivity index (χ0) is 14.7. The van der Waals surface area contributed by atoms with Crippen LogP contribution in [-0.4, -0.2) is 23.2 Å². The van der Waals surface area contributed by atoms with Gasteiger partial charge < -0.3 is 14.6 Å². The van der Waals surface area contributed by atoms with E-state index in [-0.39, 0.29) is 5.56 Å². The van der Waals surface area contributed by atoms with Gasteiger partial charge in [-0.05, 0) is 50.1 Å². The summed E-state index contributed by atoms with van der Waals surface area (Å²) in [4.78, 5) is 14.7. The van der Waals surface area contributed by atoms with Crippen LogP contribution in [0.15, 0.2) is 39.4 Å². The fourth-order valence-corrected chi connectivity index (χ4v) is 2.31. The van der Waals surface area contributed by atoms with E-state index in [4.69, 9.17) is 14.6 Å². The highest BCUT2D eigenvalue weighted by atomic mass is 79.9. The first-order valence-electron chi connectivity index (χ1n) is 5.41. The monoisotopic (exact) mass is 401 g/mol. The number of methoxy groups -OCH3 is 1. The SMILES string of the molecule is COc1cc(Br)c(Oc2ccc(C(=O)O)cn2)cc1Br. The molecular weight excluding hydrogens is 394 g/mol. The maximum Gasteiger partial charge on any atom is 0.337 e. The number of aromatic nitrogens is 1. The van der Waals surface area contributed by atoms with Crippen molar-refractivity contribution in [2.45, 2.75) is 0 Å². The van der Waals surface area contributed by atoms with Gasteiger partial charge in [-0.2, -0.15) is 0 Å². The van der Waals surface area contributed by atoms with Crippen molar-refractivity contribution in [1.82, 2.24) is 4.98 Å². The predicted octanol–water partition coefficient (Wildman–Crippen LogP) is 4.11. The molecule has 0 bridgehead atoms. The van der Waals surface area contributed by atoms with Crippen LogP contribution in [0, 0.1) is 0 Å². The van der Waals surface area contributed by atoms with Crippen molar-refractivity contribution in [2.75, 3.05) is 7.11 Å². The number of carboxylic acids is 1. The molecule has 0 aliphatic heterocycles. The van der Waals surface area contributed by atoms with Crippen LogP contribution in [0.25, 0.3) is 0 Å². The second kappa shape index (κ2) is 6.23. The Labute approximate surface area is 131 Å². The van der Waals surface area contributed by atoms with Gasteiger partial charge in [0.25, 0.3) is 0 Å². The molecule has 2 rings (SSSR count). The molecule has 0 saturated carbocycles. The van der Waals surface area contributed by atoms with E-state index in [1.807, 2.05) is 0 Å². The number of hydrogen-bond acceptors (Lipinski definition) is 4. The van der Waals surface area contributed by atoms with E-state index in [0.29, 0.717) is 21.9 Å². The van der Waals surface area contributed by atoms with Crippen LogP contribution in [0.3, 0.4) is 0 Å². The molecule has 1 N–H and O–H groups in total. The Bertz CT molecular complexity index is 644. The summed E-state index contributed by atoms with van der Waals surface area (Å²) in [6, 6.07) is 6.41. The Kier molecular flexibility index (Phi) is 4.61. The van der Waals surface area contributed by atoms with E-state index in [1.54, 1.807) is 19.2 Å². The molecule has 20 heavy (non-hydrogen) atoms. The second-order valence-corrected chi connectivity index (χ2v) is 5.42. The summed E-state index contributed by atoms with van der Waals surface area (Å²) in [5, 5.41) is 8.80. The van der Waals surface area contributed by atoms with Gasteiger partial charge in [0.1, 0.15) is 11.5 Å². The quantitative estimate of drug-likeness (QED) is 0.833. The Balaban J connectivity index is 2.25. The number of pyridine rings is 1. The molecule has 0 unspecified atom stereocenters. The number of benzene rings is 1. The molecule has 1 heterocycles. The third-order valence-corrected chi connectivity index (χ3v) is 3.64. The van der Waals surface area contributed by atoms with E-state index >= 15 is 0 Å². The lowest BCUT2D eigenvalue weighted by atomic mass is 10.3. The third-order valence-electron chi connectivity index (χ3n) is 2.40. The Morgan fingerprint density at radius 3 is 2.40 bits per heavy atom. The predicted molar refractivity (Wildman–Crippen MR) is 79.7 cm³/mol. The van der Waals surface area contributed by atoms with Crippen LogP contribution in [-0.2, 0) is 0 Å². The van der Waals surface area contributed by atoms with E-state index in [1.165, 1.54) is 18.3 Å².